The molecule has 3 N–H and O–H groups in total. The van der Waals surface area contributed by atoms with Crippen molar-refractivity contribution in [2.24, 2.45) is 11.3 Å². The van der Waals surface area contributed by atoms with Crippen molar-refractivity contribution in [1.82, 2.24) is 4.98 Å². The van der Waals surface area contributed by atoms with Gasteiger partial charge in [-0.3, -0.25) is 4.79 Å². The third kappa shape index (κ3) is 2.81. The molecular weight excluding hydrogens is 454 g/mol. The van der Waals surface area contributed by atoms with E-state index in [4.69, 9.17) is 9.47 Å². The Bertz CT molecular complexity index is 1310. The van der Waals surface area contributed by atoms with Crippen LogP contribution in [0.5, 0.6) is 0 Å². The van der Waals surface area contributed by atoms with Crippen molar-refractivity contribution in [3.63, 3.8) is 0 Å². The Morgan fingerprint density at radius 3 is 2.72 bits per heavy atom. The van der Waals surface area contributed by atoms with Crippen molar-refractivity contribution >= 4 is 16.7 Å². The number of para-hydroxylation sites is 1. The monoisotopic (exact) mass is 491 g/mol. The highest BCUT2D eigenvalue weighted by Crippen LogP contribution is 2.69. The van der Waals surface area contributed by atoms with E-state index >= 15 is 0 Å². The second-order valence-corrected chi connectivity index (χ2v) is 12.2. The zero-order valence-corrected chi connectivity index (χ0v) is 21.9. The third-order valence-corrected chi connectivity index (χ3v) is 9.88. The number of hydrogen-bond acceptors (Lipinski definition) is 5. The molecule has 4 aliphatic rings. The molecule has 6 atom stereocenters. The first-order valence-electron chi connectivity index (χ1n) is 13.3. The maximum absolute atomic E-state index is 13.2. The number of fused-ring (bicyclic) bond motifs is 9. The summed E-state index contributed by atoms with van der Waals surface area (Å²) in [5.74, 6) is 0.450. The Morgan fingerprint density at radius 2 is 2.00 bits per heavy atom. The number of aliphatic hydroxyl groups is 2. The van der Waals surface area contributed by atoms with Crippen LogP contribution in [-0.4, -0.2) is 51.0 Å². The minimum Gasteiger partial charge on any atom is -0.479 e. The Morgan fingerprint density at radius 1 is 1.25 bits per heavy atom. The van der Waals surface area contributed by atoms with Crippen LogP contribution in [0.2, 0.25) is 0 Å². The Kier molecular flexibility index (Phi) is 5.03. The number of hydrogen-bond donors (Lipinski definition) is 3. The summed E-state index contributed by atoms with van der Waals surface area (Å²) in [4.78, 5) is 16.9. The molecule has 6 nitrogen and oxygen atoms in total. The lowest BCUT2D eigenvalue weighted by atomic mass is 9.43. The van der Waals surface area contributed by atoms with Gasteiger partial charge in [0.1, 0.15) is 17.0 Å². The largest absolute Gasteiger partial charge is 0.479 e. The summed E-state index contributed by atoms with van der Waals surface area (Å²) in [5.41, 5.74) is 0.334. The molecule has 36 heavy (non-hydrogen) atoms. The molecule has 2 heterocycles. The number of H-pyrrole nitrogens is 1. The number of ketones is 1. The fraction of sp³-hybridized carbons (Fsp3) is 0.567. The minimum absolute atomic E-state index is 0.287. The fourth-order valence-electron chi connectivity index (χ4n) is 7.81. The van der Waals surface area contributed by atoms with Gasteiger partial charge in [-0.05, 0) is 69.2 Å². The van der Waals surface area contributed by atoms with Crippen LogP contribution < -0.4 is 0 Å². The lowest BCUT2D eigenvalue weighted by Crippen LogP contribution is -2.71. The molecule has 6 rings (SSSR count). The van der Waals surface area contributed by atoms with Gasteiger partial charge in [-0.1, -0.05) is 39.0 Å². The number of benzene rings is 1. The van der Waals surface area contributed by atoms with E-state index in [9.17, 15) is 15.0 Å². The molecule has 1 aromatic heterocycles. The number of carbonyl (C=O) groups excluding carboxylic acids is 1. The molecule has 0 radical (unpaired) electrons. The van der Waals surface area contributed by atoms with Crippen molar-refractivity contribution in [3.05, 3.63) is 59.0 Å². The second-order valence-electron chi connectivity index (χ2n) is 12.2. The number of carbonyl (C=O) groups is 1. The molecule has 0 saturated heterocycles. The van der Waals surface area contributed by atoms with E-state index < -0.39 is 28.8 Å². The highest BCUT2D eigenvalue weighted by molar-refractivity contribution is 5.97. The highest BCUT2D eigenvalue weighted by Gasteiger charge is 2.72. The first kappa shape index (κ1) is 24.0. The van der Waals surface area contributed by atoms with E-state index in [-0.39, 0.29) is 17.1 Å². The molecule has 1 aliphatic heterocycles. The van der Waals surface area contributed by atoms with Gasteiger partial charge in [0, 0.05) is 39.6 Å². The second kappa shape index (κ2) is 7.56. The summed E-state index contributed by atoms with van der Waals surface area (Å²) < 4.78 is 12.5. The van der Waals surface area contributed by atoms with Gasteiger partial charge in [0.05, 0.1) is 6.10 Å². The molecule has 0 unspecified atom stereocenters. The first-order valence-corrected chi connectivity index (χ1v) is 13.3. The van der Waals surface area contributed by atoms with Gasteiger partial charge in [-0.2, -0.15) is 0 Å². The molecule has 1 saturated carbocycles. The topological polar surface area (TPSA) is 91.8 Å². The van der Waals surface area contributed by atoms with E-state index in [1.165, 1.54) is 22.7 Å². The van der Waals surface area contributed by atoms with Gasteiger partial charge in [-0.25, -0.2) is 0 Å². The molecule has 3 aliphatic carbocycles. The Labute approximate surface area is 212 Å². The molecular formula is C30H37NO5. The van der Waals surface area contributed by atoms with Crippen molar-refractivity contribution < 1.29 is 24.5 Å². The van der Waals surface area contributed by atoms with Crippen LogP contribution in [0.4, 0.5) is 0 Å². The first-order chi connectivity index (χ1) is 17.0. The quantitative estimate of drug-likeness (QED) is 0.586. The normalized spacial score (nSPS) is 37.4. The zero-order valence-electron chi connectivity index (χ0n) is 21.9. The van der Waals surface area contributed by atoms with Gasteiger partial charge < -0.3 is 24.7 Å². The van der Waals surface area contributed by atoms with Crippen LogP contribution in [0.1, 0.15) is 65.1 Å². The van der Waals surface area contributed by atoms with Crippen LogP contribution in [0, 0.1) is 11.3 Å². The summed E-state index contributed by atoms with van der Waals surface area (Å²) in [7, 11) is 0. The summed E-state index contributed by atoms with van der Waals surface area (Å²) in [6.45, 7) is 10.2. The number of allylic oxidation sites excluding steroid dienone is 1. The van der Waals surface area contributed by atoms with Crippen LogP contribution in [0.3, 0.4) is 0 Å². The highest BCUT2D eigenvalue weighted by atomic mass is 16.5. The molecule has 2 aromatic rings. The summed E-state index contributed by atoms with van der Waals surface area (Å²) in [5, 5.41) is 24.7. The maximum Gasteiger partial charge on any atom is 0.199 e. The van der Waals surface area contributed by atoms with E-state index in [1.54, 1.807) is 13.8 Å². The number of ether oxygens (including phenoxy) is 2. The lowest BCUT2D eigenvalue weighted by molar-refractivity contribution is -0.221. The Balaban J connectivity index is 1.55. The van der Waals surface area contributed by atoms with Crippen LogP contribution in [0.25, 0.3) is 10.9 Å². The average molecular weight is 492 g/mol. The molecule has 0 bridgehead atoms. The SMILES string of the molecule is CCCO[C@H]1C[C@H]2Cc3c([nH]c4ccccc34)[C@]2(C)[C@@]2(C)CC=C3O[C@H](C(C)(C)O)C(=O)C=C3[C@]12O. The maximum atomic E-state index is 13.2. The van der Waals surface area contributed by atoms with E-state index in [2.05, 4.69) is 44.0 Å². The van der Waals surface area contributed by atoms with E-state index in [0.29, 0.717) is 30.8 Å². The number of rotatable bonds is 4. The standard InChI is InChI=1S/C30H37NO5/c1-6-13-35-24-15-17-14-19-18-9-7-8-10-21(18)31-25(19)29(17,5)28(4)12-11-23-20(30(24,28)34)16-22(32)26(36-23)27(2,3)33/h7-11,16-17,24,26,31,33-34H,6,12-15H2,1-5H3/t17-,24+,26+,28-,29-,30+/m1/s1. The van der Waals surface area contributed by atoms with Crippen LogP contribution in [0.15, 0.2) is 47.7 Å². The lowest BCUT2D eigenvalue weighted by Gasteiger charge is -2.65. The average Bonchev–Trinajstić information content (AvgIpc) is 3.33. The fourth-order valence-corrected chi connectivity index (χ4v) is 7.81. The number of aromatic nitrogens is 1. The summed E-state index contributed by atoms with van der Waals surface area (Å²) in [6.07, 6.45) is 5.07. The number of aromatic amines is 1. The van der Waals surface area contributed by atoms with Crippen molar-refractivity contribution in [3.8, 4) is 0 Å². The van der Waals surface area contributed by atoms with Gasteiger partial charge in [0.2, 0.25) is 0 Å². The smallest absolute Gasteiger partial charge is 0.199 e. The predicted octanol–water partition coefficient (Wildman–Crippen LogP) is 4.49. The van der Waals surface area contributed by atoms with Gasteiger partial charge in [0.15, 0.2) is 11.9 Å². The van der Waals surface area contributed by atoms with Crippen molar-refractivity contribution in [2.75, 3.05) is 6.61 Å². The van der Waals surface area contributed by atoms with Crippen LogP contribution in [-0.2, 0) is 26.1 Å². The molecule has 0 amide bonds. The van der Waals surface area contributed by atoms with E-state index in [1.807, 2.05) is 12.1 Å². The summed E-state index contributed by atoms with van der Waals surface area (Å²) >= 11 is 0. The van der Waals surface area contributed by atoms with Crippen LogP contribution >= 0.6 is 0 Å². The third-order valence-electron chi connectivity index (χ3n) is 9.88. The van der Waals surface area contributed by atoms with Gasteiger partial charge in [-0.15, -0.1) is 0 Å². The predicted molar refractivity (Wildman–Crippen MR) is 138 cm³/mol. The minimum atomic E-state index is -1.43. The molecule has 1 fully saturated rings. The van der Waals surface area contributed by atoms with E-state index in [0.717, 1.165) is 18.4 Å². The van der Waals surface area contributed by atoms with Gasteiger partial charge in [0.25, 0.3) is 0 Å². The Hall–Kier alpha value is -2.41. The van der Waals surface area contributed by atoms with Gasteiger partial charge >= 0.3 is 0 Å². The molecule has 1 aromatic carbocycles. The number of nitrogens with one attached hydrogen (secondary N) is 1. The molecule has 6 heteroatoms. The zero-order chi connectivity index (χ0) is 25.7. The molecule has 0 spiro atoms. The summed E-state index contributed by atoms with van der Waals surface area (Å²) in [6, 6.07) is 8.42. The van der Waals surface area contributed by atoms with Crippen molar-refractivity contribution in [2.45, 2.75) is 89.1 Å². The van der Waals surface area contributed by atoms with Crippen molar-refractivity contribution in [1.29, 1.82) is 0 Å². The molecule has 192 valence electrons.